The molecule has 168 valence electrons. The molecule has 2 aromatic rings. The summed E-state index contributed by atoms with van der Waals surface area (Å²) < 4.78 is 31.1. The maximum atomic E-state index is 12.9. The van der Waals surface area contributed by atoms with Gasteiger partial charge >= 0.3 is 0 Å². The second-order valence-corrected chi connectivity index (χ2v) is 9.90. The van der Waals surface area contributed by atoms with Gasteiger partial charge in [0.25, 0.3) is 0 Å². The Morgan fingerprint density at radius 2 is 1.77 bits per heavy atom. The summed E-state index contributed by atoms with van der Waals surface area (Å²) in [5, 5.41) is 3.07. The lowest BCUT2D eigenvalue weighted by Crippen LogP contribution is -2.45. The van der Waals surface area contributed by atoms with Crippen LogP contribution in [0.25, 0.3) is 0 Å². The van der Waals surface area contributed by atoms with Gasteiger partial charge in [-0.2, -0.15) is 0 Å². The number of hydrogen-bond donors (Lipinski definition) is 1. The number of hydrogen-bond acceptors (Lipinski definition) is 5. The molecule has 0 aliphatic carbocycles. The molecule has 1 aliphatic rings. The summed E-state index contributed by atoms with van der Waals surface area (Å²) in [4.78, 5) is 15.2. The first-order valence-corrected chi connectivity index (χ1v) is 12.4. The molecule has 1 atom stereocenters. The monoisotopic (exact) mass is 465 g/mol. The largest absolute Gasteiger partial charge is 0.495 e. The van der Waals surface area contributed by atoms with Crippen molar-refractivity contribution in [3.8, 4) is 5.75 Å². The summed E-state index contributed by atoms with van der Waals surface area (Å²) in [6.45, 7) is 3.61. The lowest BCUT2D eigenvalue weighted by atomic mass is 10.1. The van der Waals surface area contributed by atoms with Crippen LogP contribution in [0.1, 0.15) is 26.2 Å². The summed E-state index contributed by atoms with van der Waals surface area (Å²) >= 11 is 6.17. The summed E-state index contributed by atoms with van der Waals surface area (Å²) in [5.41, 5.74) is 2.02. The molecule has 1 saturated heterocycles. The number of nitrogens with zero attached hydrogens (tertiary/aromatic N) is 2. The Kier molecular flexibility index (Phi) is 7.33. The van der Waals surface area contributed by atoms with Crippen molar-refractivity contribution in [2.75, 3.05) is 41.0 Å². The Hall–Kier alpha value is -2.45. The van der Waals surface area contributed by atoms with Gasteiger partial charge in [-0.1, -0.05) is 11.6 Å². The van der Waals surface area contributed by atoms with Gasteiger partial charge in [0.05, 0.1) is 24.1 Å². The fraction of sp³-hybridized carbons (Fsp3) is 0.409. The third kappa shape index (κ3) is 5.62. The van der Waals surface area contributed by atoms with Crippen molar-refractivity contribution in [1.29, 1.82) is 0 Å². The number of rotatable bonds is 7. The molecule has 1 N–H and O–H groups in total. The van der Waals surface area contributed by atoms with Crippen LogP contribution in [0, 0.1) is 0 Å². The van der Waals surface area contributed by atoms with E-state index in [1.54, 1.807) is 12.1 Å². The molecule has 7 nitrogen and oxygen atoms in total. The van der Waals surface area contributed by atoms with Crippen molar-refractivity contribution >= 4 is 44.6 Å². The minimum absolute atomic E-state index is 0.259. The highest BCUT2D eigenvalue weighted by Crippen LogP contribution is 2.31. The number of ether oxygens (including phenoxy) is 1. The van der Waals surface area contributed by atoms with Crippen LogP contribution in [0.4, 0.5) is 17.1 Å². The van der Waals surface area contributed by atoms with E-state index in [1.165, 1.54) is 39.4 Å². The molecule has 9 heteroatoms. The maximum absolute atomic E-state index is 12.9. The molecule has 1 unspecified atom stereocenters. The molecular formula is C22H28ClN3O4S. The minimum atomic E-state index is -3.75. The van der Waals surface area contributed by atoms with Gasteiger partial charge in [-0.25, -0.2) is 8.42 Å². The molecule has 1 heterocycles. The van der Waals surface area contributed by atoms with E-state index in [4.69, 9.17) is 16.3 Å². The number of nitrogens with one attached hydrogen (secondary N) is 1. The third-order valence-electron chi connectivity index (χ3n) is 5.33. The Labute approximate surface area is 189 Å². The van der Waals surface area contributed by atoms with Crippen LogP contribution in [0.15, 0.2) is 42.5 Å². The highest BCUT2D eigenvalue weighted by molar-refractivity contribution is 7.92. The van der Waals surface area contributed by atoms with Crippen molar-refractivity contribution in [2.24, 2.45) is 0 Å². The number of carbonyl (C=O) groups is 1. The fourth-order valence-corrected chi connectivity index (χ4v) is 5.17. The SMILES string of the molecule is COc1ccc(N(C(C)C(=O)Nc2ccc(N3CCCCC3)cc2)S(C)(=O)=O)cc1Cl. The average Bonchev–Trinajstić information content (AvgIpc) is 2.74. The quantitative estimate of drug-likeness (QED) is 0.665. The molecule has 1 fully saturated rings. The number of halogens is 1. The highest BCUT2D eigenvalue weighted by atomic mass is 35.5. The van der Waals surface area contributed by atoms with Gasteiger partial charge in [0.2, 0.25) is 15.9 Å². The molecule has 3 rings (SSSR count). The van der Waals surface area contributed by atoms with Gasteiger partial charge in [-0.15, -0.1) is 0 Å². The zero-order valence-corrected chi connectivity index (χ0v) is 19.5. The number of amides is 1. The number of benzene rings is 2. The standard InChI is InChI=1S/C22H28ClN3O4S/c1-16(26(31(3,28)29)19-11-12-21(30-2)20(23)15-19)22(27)24-17-7-9-18(10-8-17)25-13-5-4-6-14-25/h7-12,15-16H,4-6,13-14H2,1-3H3,(H,24,27). The summed E-state index contributed by atoms with van der Waals surface area (Å²) in [6, 6.07) is 11.2. The van der Waals surface area contributed by atoms with Crippen molar-refractivity contribution in [3.05, 3.63) is 47.5 Å². The van der Waals surface area contributed by atoms with Gasteiger partial charge in [-0.05, 0) is 68.7 Å². The molecule has 0 bridgehead atoms. The number of carbonyl (C=O) groups excluding carboxylic acids is 1. The van der Waals surface area contributed by atoms with E-state index in [0.29, 0.717) is 11.4 Å². The molecule has 0 radical (unpaired) electrons. The van der Waals surface area contributed by atoms with Crippen LogP contribution in [-0.4, -0.2) is 46.8 Å². The van der Waals surface area contributed by atoms with E-state index < -0.39 is 22.0 Å². The van der Waals surface area contributed by atoms with Crippen LogP contribution >= 0.6 is 11.6 Å². The van der Waals surface area contributed by atoms with Crippen LogP contribution in [0.5, 0.6) is 5.75 Å². The van der Waals surface area contributed by atoms with Crippen LogP contribution < -0.4 is 19.3 Å². The summed E-state index contributed by atoms with van der Waals surface area (Å²) in [6.07, 6.45) is 4.69. The average molecular weight is 466 g/mol. The maximum Gasteiger partial charge on any atom is 0.247 e. The first-order chi connectivity index (χ1) is 14.7. The van der Waals surface area contributed by atoms with Crippen LogP contribution in [-0.2, 0) is 14.8 Å². The van der Waals surface area contributed by atoms with Crippen molar-refractivity contribution < 1.29 is 17.9 Å². The Balaban J connectivity index is 1.76. The first kappa shape index (κ1) is 23.2. The number of sulfonamides is 1. The van der Waals surface area contributed by atoms with Crippen LogP contribution in [0.3, 0.4) is 0 Å². The Morgan fingerprint density at radius 1 is 1.13 bits per heavy atom. The molecule has 0 spiro atoms. The zero-order chi connectivity index (χ0) is 22.6. The molecule has 0 aromatic heterocycles. The van der Waals surface area contributed by atoms with Crippen molar-refractivity contribution in [3.63, 3.8) is 0 Å². The highest BCUT2D eigenvalue weighted by Gasteiger charge is 2.29. The summed E-state index contributed by atoms with van der Waals surface area (Å²) in [7, 11) is -2.27. The smallest absolute Gasteiger partial charge is 0.247 e. The van der Waals surface area contributed by atoms with E-state index in [-0.39, 0.29) is 10.7 Å². The second kappa shape index (κ2) is 9.78. The summed E-state index contributed by atoms with van der Waals surface area (Å²) in [5.74, 6) is -0.0205. The Bertz CT molecular complexity index is 1020. The number of methoxy groups -OCH3 is 1. The second-order valence-electron chi connectivity index (χ2n) is 7.64. The molecule has 2 aromatic carbocycles. The molecule has 1 aliphatic heterocycles. The van der Waals surface area contributed by atoms with Crippen molar-refractivity contribution in [2.45, 2.75) is 32.2 Å². The fourth-order valence-electron chi connectivity index (χ4n) is 3.76. The predicted octanol–water partition coefficient (Wildman–Crippen LogP) is 4.13. The minimum Gasteiger partial charge on any atom is -0.495 e. The van der Waals surface area contributed by atoms with E-state index in [2.05, 4.69) is 10.2 Å². The lowest BCUT2D eigenvalue weighted by molar-refractivity contribution is -0.116. The molecule has 31 heavy (non-hydrogen) atoms. The molecule has 0 saturated carbocycles. The van der Waals surface area contributed by atoms with Crippen molar-refractivity contribution in [1.82, 2.24) is 0 Å². The first-order valence-electron chi connectivity index (χ1n) is 10.2. The predicted molar refractivity (Wildman–Crippen MR) is 126 cm³/mol. The van der Waals surface area contributed by atoms with Gasteiger partial charge < -0.3 is 15.0 Å². The van der Waals surface area contributed by atoms with E-state index in [0.717, 1.165) is 29.3 Å². The van der Waals surface area contributed by atoms with E-state index >= 15 is 0 Å². The lowest BCUT2D eigenvalue weighted by Gasteiger charge is -2.29. The number of piperidine rings is 1. The van der Waals surface area contributed by atoms with Gasteiger partial charge in [0.15, 0.2) is 0 Å². The molecular weight excluding hydrogens is 438 g/mol. The van der Waals surface area contributed by atoms with E-state index in [1.807, 2.05) is 24.3 Å². The zero-order valence-electron chi connectivity index (χ0n) is 18.0. The third-order valence-corrected chi connectivity index (χ3v) is 6.87. The van der Waals surface area contributed by atoms with Crippen LogP contribution in [0.2, 0.25) is 5.02 Å². The van der Waals surface area contributed by atoms with Gasteiger partial charge in [0, 0.05) is 24.5 Å². The molecule has 1 amide bonds. The Morgan fingerprint density at radius 3 is 2.32 bits per heavy atom. The van der Waals surface area contributed by atoms with E-state index in [9.17, 15) is 13.2 Å². The topological polar surface area (TPSA) is 79.0 Å². The normalized spacial score (nSPS) is 15.3. The van der Waals surface area contributed by atoms with Gasteiger partial charge in [-0.3, -0.25) is 9.10 Å². The van der Waals surface area contributed by atoms with Gasteiger partial charge in [0.1, 0.15) is 11.8 Å². The number of anilines is 3.